The average Bonchev–Trinajstić information content (AvgIpc) is 2.84. The van der Waals surface area contributed by atoms with Crippen LogP contribution in [0.1, 0.15) is 31.6 Å². The van der Waals surface area contributed by atoms with Gasteiger partial charge in [-0.1, -0.05) is 23.7 Å². The second kappa shape index (κ2) is 7.68. The van der Waals surface area contributed by atoms with E-state index in [1.54, 1.807) is 11.8 Å². The van der Waals surface area contributed by atoms with Gasteiger partial charge in [0, 0.05) is 16.7 Å². The third-order valence-corrected chi connectivity index (χ3v) is 5.42. The molecule has 2 aromatic rings. The third kappa shape index (κ3) is 4.03. The maximum atomic E-state index is 6.22. The van der Waals surface area contributed by atoms with Gasteiger partial charge in [-0.15, -0.1) is 11.8 Å². The minimum Gasteiger partial charge on any atom is -0.311 e. The Morgan fingerprint density at radius 3 is 2.71 bits per heavy atom. The van der Waals surface area contributed by atoms with Crippen LogP contribution >= 0.6 is 39.3 Å². The Kier molecular flexibility index (Phi) is 6.17. The van der Waals surface area contributed by atoms with E-state index in [0.717, 1.165) is 20.1 Å². The molecule has 3 nitrogen and oxygen atoms in total. The van der Waals surface area contributed by atoms with Crippen LogP contribution in [0, 0.1) is 0 Å². The highest BCUT2D eigenvalue weighted by Gasteiger charge is 2.20. The number of rotatable bonds is 6. The number of nitrogens with zero attached hydrogens (tertiary/aromatic N) is 2. The fourth-order valence-electron chi connectivity index (χ4n) is 2.12. The molecule has 0 spiro atoms. The zero-order chi connectivity index (χ0) is 15.4. The average molecular weight is 389 g/mol. The van der Waals surface area contributed by atoms with Crippen molar-refractivity contribution >= 4 is 39.3 Å². The number of nitrogens with one attached hydrogen (secondary N) is 1. The molecule has 0 fully saturated rings. The summed E-state index contributed by atoms with van der Waals surface area (Å²) in [6, 6.07) is 8.46. The van der Waals surface area contributed by atoms with Crippen molar-refractivity contribution in [3.63, 3.8) is 0 Å². The minimum atomic E-state index is 0.200. The smallest absolute Gasteiger partial charge is 0.0707 e. The molecule has 1 unspecified atom stereocenters. The molecular weight excluding hydrogens is 370 g/mol. The SMILES string of the molecule is CNC(CSc1ccccc1Cl)c1c(Br)cnn1C(C)C. The van der Waals surface area contributed by atoms with Gasteiger partial charge in [-0.2, -0.15) is 5.10 Å². The lowest BCUT2D eigenvalue weighted by Gasteiger charge is -2.20. The Morgan fingerprint density at radius 1 is 1.38 bits per heavy atom. The lowest BCUT2D eigenvalue weighted by atomic mass is 10.2. The van der Waals surface area contributed by atoms with E-state index in [9.17, 15) is 0 Å². The van der Waals surface area contributed by atoms with Gasteiger partial charge >= 0.3 is 0 Å². The molecule has 0 aliphatic heterocycles. The molecule has 1 aromatic carbocycles. The van der Waals surface area contributed by atoms with Crippen molar-refractivity contribution in [2.45, 2.75) is 30.8 Å². The first-order valence-corrected chi connectivity index (χ1v) is 8.97. The van der Waals surface area contributed by atoms with Gasteiger partial charge < -0.3 is 5.32 Å². The van der Waals surface area contributed by atoms with Crippen molar-refractivity contribution in [1.29, 1.82) is 0 Å². The van der Waals surface area contributed by atoms with Gasteiger partial charge in [0.15, 0.2) is 0 Å². The van der Waals surface area contributed by atoms with Gasteiger partial charge in [0.05, 0.1) is 27.4 Å². The van der Waals surface area contributed by atoms with E-state index in [1.165, 1.54) is 5.69 Å². The first-order chi connectivity index (χ1) is 10.0. The monoisotopic (exact) mass is 387 g/mol. The normalized spacial score (nSPS) is 12.9. The summed E-state index contributed by atoms with van der Waals surface area (Å²) in [5, 5.41) is 8.63. The third-order valence-electron chi connectivity index (χ3n) is 3.20. The van der Waals surface area contributed by atoms with E-state index < -0.39 is 0 Å². The minimum absolute atomic E-state index is 0.200. The van der Waals surface area contributed by atoms with Crippen LogP contribution in [0.3, 0.4) is 0 Å². The summed E-state index contributed by atoms with van der Waals surface area (Å²) < 4.78 is 3.09. The predicted molar refractivity (Wildman–Crippen MR) is 94.3 cm³/mol. The van der Waals surface area contributed by atoms with Crippen LogP contribution in [0.15, 0.2) is 39.8 Å². The summed E-state index contributed by atoms with van der Waals surface area (Å²) in [5.74, 6) is 0.886. The van der Waals surface area contributed by atoms with E-state index in [1.807, 2.05) is 31.4 Å². The molecule has 1 heterocycles. The van der Waals surface area contributed by atoms with Gasteiger partial charge in [0.25, 0.3) is 0 Å². The molecule has 0 radical (unpaired) electrons. The topological polar surface area (TPSA) is 29.9 Å². The molecule has 0 bridgehead atoms. The molecule has 0 saturated heterocycles. The maximum absolute atomic E-state index is 6.22. The predicted octanol–water partition coefficient (Wildman–Crippen LogP) is 4.93. The first-order valence-electron chi connectivity index (χ1n) is 6.82. The molecule has 2 rings (SSSR count). The molecule has 114 valence electrons. The molecule has 6 heteroatoms. The van der Waals surface area contributed by atoms with Gasteiger partial charge in [0.1, 0.15) is 0 Å². The molecule has 1 aromatic heterocycles. The Morgan fingerprint density at radius 2 is 2.10 bits per heavy atom. The second-order valence-electron chi connectivity index (χ2n) is 5.00. The lowest BCUT2D eigenvalue weighted by Crippen LogP contribution is -2.23. The Labute approximate surface area is 143 Å². The van der Waals surface area contributed by atoms with Gasteiger partial charge in [-0.25, -0.2) is 0 Å². The summed E-state index contributed by atoms with van der Waals surface area (Å²) in [5.41, 5.74) is 1.17. The zero-order valence-electron chi connectivity index (χ0n) is 12.3. The highest BCUT2D eigenvalue weighted by Crippen LogP contribution is 2.33. The van der Waals surface area contributed by atoms with Crippen LogP contribution in [-0.4, -0.2) is 22.6 Å². The summed E-state index contributed by atoms with van der Waals surface area (Å²) in [6.45, 7) is 4.27. The second-order valence-corrected chi connectivity index (χ2v) is 7.32. The molecule has 0 aliphatic carbocycles. The number of aromatic nitrogens is 2. The fourth-order valence-corrected chi connectivity index (χ4v) is 4.02. The van der Waals surface area contributed by atoms with E-state index >= 15 is 0 Å². The largest absolute Gasteiger partial charge is 0.311 e. The number of thioether (sulfide) groups is 1. The van der Waals surface area contributed by atoms with Crippen molar-refractivity contribution < 1.29 is 0 Å². The standard InChI is InChI=1S/C15H19BrClN3S/c1-10(2)20-15(11(16)8-19-20)13(18-3)9-21-14-7-5-4-6-12(14)17/h4-8,10,13,18H,9H2,1-3H3. The van der Waals surface area contributed by atoms with Crippen LogP contribution in [0.2, 0.25) is 5.02 Å². The summed E-state index contributed by atoms with van der Waals surface area (Å²) in [4.78, 5) is 1.10. The van der Waals surface area contributed by atoms with Crippen molar-refractivity contribution in [2.24, 2.45) is 0 Å². The van der Waals surface area contributed by atoms with Gasteiger partial charge in [-0.05, 0) is 49.0 Å². The number of halogens is 2. The van der Waals surface area contributed by atoms with E-state index in [2.05, 4.69) is 50.9 Å². The van der Waals surface area contributed by atoms with Crippen molar-refractivity contribution in [2.75, 3.05) is 12.8 Å². The Bertz CT molecular complexity index is 600. The van der Waals surface area contributed by atoms with Gasteiger partial charge in [0.2, 0.25) is 0 Å². The van der Waals surface area contributed by atoms with Crippen molar-refractivity contribution in [3.05, 3.63) is 45.7 Å². The molecular formula is C15H19BrClN3S. The number of benzene rings is 1. The molecule has 0 amide bonds. The molecule has 0 saturated carbocycles. The quantitative estimate of drug-likeness (QED) is 0.711. The van der Waals surface area contributed by atoms with Crippen LogP contribution in [0.25, 0.3) is 0 Å². The summed E-state index contributed by atoms with van der Waals surface area (Å²) in [7, 11) is 1.97. The zero-order valence-corrected chi connectivity index (χ0v) is 15.5. The van der Waals surface area contributed by atoms with Crippen LogP contribution in [-0.2, 0) is 0 Å². The Hall–Kier alpha value is -0.490. The molecule has 1 N–H and O–H groups in total. The molecule has 21 heavy (non-hydrogen) atoms. The van der Waals surface area contributed by atoms with Crippen LogP contribution in [0.5, 0.6) is 0 Å². The van der Waals surface area contributed by atoms with E-state index in [-0.39, 0.29) is 6.04 Å². The van der Waals surface area contributed by atoms with E-state index in [0.29, 0.717) is 6.04 Å². The van der Waals surface area contributed by atoms with Crippen LogP contribution < -0.4 is 5.32 Å². The lowest BCUT2D eigenvalue weighted by molar-refractivity contribution is 0.476. The number of hydrogen-bond acceptors (Lipinski definition) is 3. The molecule has 1 atom stereocenters. The summed E-state index contributed by atoms with van der Waals surface area (Å²) in [6.07, 6.45) is 1.86. The Balaban J connectivity index is 2.17. The summed E-state index contributed by atoms with van der Waals surface area (Å²) >= 11 is 11.6. The maximum Gasteiger partial charge on any atom is 0.0707 e. The van der Waals surface area contributed by atoms with Crippen LogP contribution in [0.4, 0.5) is 0 Å². The van der Waals surface area contributed by atoms with Gasteiger partial charge in [-0.3, -0.25) is 4.68 Å². The molecule has 0 aliphatic rings. The fraction of sp³-hybridized carbons (Fsp3) is 0.400. The van der Waals surface area contributed by atoms with Crippen molar-refractivity contribution in [3.8, 4) is 0 Å². The highest BCUT2D eigenvalue weighted by atomic mass is 79.9. The van der Waals surface area contributed by atoms with Crippen molar-refractivity contribution in [1.82, 2.24) is 15.1 Å². The number of hydrogen-bond donors (Lipinski definition) is 1. The van der Waals surface area contributed by atoms with E-state index in [4.69, 9.17) is 11.6 Å². The highest BCUT2D eigenvalue weighted by molar-refractivity contribution is 9.10. The first kappa shape index (κ1) is 16.9.